The van der Waals surface area contributed by atoms with E-state index >= 15 is 0 Å². The van der Waals surface area contributed by atoms with Crippen molar-refractivity contribution in [1.29, 1.82) is 0 Å². The summed E-state index contributed by atoms with van der Waals surface area (Å²) in [5.74, 6) is -4.47. The summed E-state index contributed by atoms with van der Waals surface area (Å²) < 4.78 is 53.1. The van der Waals surface area contributed by atoms with Gasteiger partial charge in [0.05, 0.1) is 6.04 Å². The van der Waals surface area contributed by atoms with Gasteiger partial charge in [0, 0.05) is 0 Å². The number of hydrogen-bond acceptors (Lipinski definition) is 1. The highest BCUT2D eigenvalue weighted by atomic mass is 19.2. The zero-order valence-electron chi connectivity index (χ0n) is 11.0. The minimum Gasteiger partial charge on any atom is -0.309 e. The van der Waals surface area contributed by atoms with Crippen molar-refractivity contribution in [3.05, 3.63) is 70.3 Å². The molecule has 2 aromatic rings. The van der Waals surface area contributed by atoms with Crippen LogP contribution < -0.4 is 5.32 Å². The van der Waals surface area contributed by atoms with E-state index < -0.39 is 29.3 Å². The molecule has 0 bridgehead atoms. The first-order chi connectivity index (χ1) is 9.43. The van der Waals surface area contributed by atoms with E-state index in [1.807, 2.05) is 0 Å². The summed E-state index contributed by atoms with van der Waals surface area (Å²) in [6.07, 6.45) is 0. The quantitative estimate of drug-likeness (QED) is 0.666. The molecule has 2 rings (SSSR count). The summed E-state index contributed by atoms with van der Waals surface area (Å²) in [7, 11) is 1.57. The van der Waals surface area contributed by atoms with Crippen molar-refractivity contribution in [2.45, 2.75) is 13.0 Å². The molecule has 1 unspecified atom stereocenters. The molecule has 0 saturated heterocycles. The third-order valence-corrected chi connectivity index (χ3v) is 3.16. The standard InChI is InChI=1S/C15H13F4N/c1-8-3-4-9(5-11(8)16)15(20-2)10-6-12(17)14(19)13(18)7-10/h3-7,15,20H,1-2H3. The Labute approximate surface area is 114 Å². The lowest BCUT2D eigenvalue weighted by atomic mass is 9.97. The fraction of sp³-hybridized carbons (Fsp3) is 0.200. The molecule has 20 heavy (non-hydrogen) atoms. The molecule has 0 heterocycles. The van der Waals surface area contributed by atoms with Crippen LogP contribution in [0.1, 0.15) is 22.7 Å². The third-order valence-electron chi connectivity index (χ3n) is 3.16. The molecule has 1 atom stereocenters. The topological polar surface area (TPSA) is 12.0 Å². The van der Waals surface area contributed by atoms with Crippen molar-refractivity contribution in [1.82, 2.24) is 5.32 Å². The van der Waals surface area contributed by atoms with Crippen LogP contribution in [0.3, 0.4) is 0 Å². The largest absolute Gasteiger partial charge is 0.309 e. The monoisotopic (exact) mass is 283 g/mol. The average molecular weight is 283 g/mol. The van der Waals surface area contributed by atoms with Gasteiger partial charge in [0.15, 0.2) is 17.5 Å². The van der Waals surface area contributed by atoms with E-state index in [0.717, 1.165) is 12.1 Å². The van der Waals surface area contributed by atoms with Crippen molar-refractivity contribution in [3.63, 3.8) is 0 Å². The van der Waals surface area contributed by atoms with E-state index in [0.29, 0.717) is 11.1 Å². The Balaban J connectivity index is 2.49. The van der Waals surface area contributed by atoms with E-state index in [1.165, 1.54) is 6.07 Å². The van der Waals surface area contributed by atoms with Gasteiger partial charge in [-0.3, -0.25) is 0 Å². The van der Waals surface area contributed by atoms with Crippen LogP contribution in [-0.4, -0.2) is 7.05 Å². The summed E-state index contributed by atoms with van der Waals surface area (Å²) in [6, 6.07) is 5.68. The molecule has 1 N–H and O–H groups in total. The van der Waals surface area contributed by atoms with Gasteiger partial charge in [-0.25, -0.2) is 17.6 Å². The number of rotatable bonds is 3. The molecule has 5 heteroatoms. The first kappa shape index (κ1) is 14.5. The smallest absolute Gasteiger partial charge is 0.194 e. The second-order valence-corrected chi connectivity index (χ2v) is 4.53. The summed E-state index contributed by atoms with van der Waals surface area (Å²) in [6.45, 7) is 1.62. The van der Waals surface area contributed by atoms with E-state index in [4.69, 9.17) is 0 Å². The second-order valence-electron chi connectivity index (χ2n) is 4.53. The van der Waals surface area contributed by atoms with Crippen LogP contribution in [0.5, 0.6) is 0 Å². The highest BCUT2D eigenvalue weighted by Crippen LogP contribution is 2.26. The van der Waals surface area contributed by atoms with Gasteiger partial charge in [-0.15, -0.1) is 0 Å². The Morgan fingerprint density at radius 1 is 0.850 bits per heavy atom. The molecule has 0 spiro atoms. The fourth-order valence-corrected chi connectivity index (χ4v) is 2.06. The van der Waals surface area contributed by atoms with Gasteiger partial charge in [0.2, 0.25) is 0 Å². The van der Waals surface area contributed by atoms with Crippen LogP contribution in [-0.2, 0) is 0 Å². The maximum absolute atomic E-state index is 13.6. The Kier molecular flexibility index (Phi) is 4.09. The van der Waals surface area contributed by atoms with Crippen LogP contribution in [0.15, 0.2) is 30.3 Å². The molecule has 1 nitrogen and oxygen atoms in total. The Hall–Kier alpha value is -1.88. The molecule has 0 aliphatic rings. The molecule has 0 aromatic heterocycles. The van der Waals surface area contributed by atoms with Gasteiger partial charge in [0.25, 0.3) is 0 Å². The molecule has 0 amide bonds. The minimum atomic E-state index is -1.52. The molecular weight excluding hydrogens is 270 g/mol. The first-order valence-electron chi connectivity index (χ1n) is 6.01. The lowest BCUT2D eigenvalue weighted by molar-refractivity contribution is 0.443. The fourth-order valence-electron chi connectivity index (χ4n) is 2.06. The Bertz CT molecular complexity index is 617. The highest BCUT2D eigenvalue weighted by molar-refractivity contribution is 5.34. The lowest BCUT2D eigenvalue weighted by Gasteiger charge is -2.18. The highest BCUT2D eigenvalue weighted by Gasteiger charge is 2.18. The molecule has 0 aliphatic carbocycles. The van der Waals surface area contributed by atoms with Crippen molar-refractivity contribution in [3.8, 4) is 0 Å². The van der Waals surface area contributed by atoms with Crippen LogP contribution in [0.25, 0.3) is 0 Å². The van der Waals surface area contributed by atoms with Crippen molar-refractivity contribution in [2.24, 2.45) is 0 Å². The zero-order chi connectivity index (χ0) is 14.9. The summed E-state index contributed by atoms with van der Waals surface area (Å²) in [5, 5.41) is 2.83. The van der Waals surface area contributed by atoms with Crippen LogP contribution >= 0.6 is 0 Å². The van der Waals surface area contributed by atoms with Gasteiger partial charge in [0.1, 0.15) is 5.82 Å². The second kappa shape index (κ2) is 5.63. The Morgan fingerprint density at radius 2 is 1.40 bits per heavy atom. The van der Waals surface area contributed by atoms with Gasteiger partial charge < -0.3 is 5.32 Å². The van der Waals surface area contributed by atoms with Crippen LogP contribution in [0.4, 0.5) is 17.6 Å². The SMILES string of the molecule is CNC(c1ccc(C)c(F)c1)c1cc(F)c(F)c(F)c1. The predicted molar refractivity (Wildman–Crippen MR) is 68.4 cm³/mol. The van der Waals surface area contributed by atoms with Gasteiger partial charge in [-0.2, -0.15) is 0 Å². The van der Waals surface area contributed by atoms with Crippen molar-refractivity contribution >= 4 is 0 Å². The molecule has 0 aliphatic heterocycles. The molecular formula is C15H13F4N. The number of halogens is 4. The maximum atomic E-state index is 13.6. The minimum absolute atomic E-state index is 0.187. The molecule has 0 saturated carbocycles. The number of aryl methyl sites for hydroxylation is 1. The van der Waals surface area contributed by atoms with Crippen LogP contribution in [0, 0.1) is 30.2 Å². The predicted octanol–water partition coefficient (Wildman–Crippen LogP) is 3.86. The van der Waals surface area contributed by atoms with Gasteiger partial charge in [-0.1, -0.05) is 12.1 Å². The van der Waals surface area contributed by atoms with E-state index in [-0.39, 0.29) is 5.56 Å². The Morgan fingerprint density at radius 3 is 1.90 bits per heavy atom. The third kappa shape index (κ3) is 2.67. The molecule has 0 radical (unpaired) electrons. The summed E-state index contributed by atoms with van der Waals surface area (Å²) in [4.78, 5) is 0. The number of hydrogen-bond donors (Lipinski definition) is 1. The molecule has 0 fully saturated rings. The van der Waals surface area contributed by atoms with Gasteiger partial charge >= 0.3 is 0 Å². The normalized spacial score (nSPS) is 12.5. The maximum Gasteiger partial charge on any atom is 0.194 e. The lowest BCUT2D eigenvalue weighted by Crippen LogP contribution is -2.18. The van der Waals surface area contributed by atoms with Crippen molar-refractivity contribution in [2.75, 3.05) is 7.05 Å². The number of nitrogens with one attached hydrogen (secondary N) is 1. The van der Waals surface area contributed by atoms with E-state index in [1.54, 1.807) is 26.1 Å². The first-order valence-corrected chi connectivity index (χ1v) is 6.01. The van der Waals surface area contributed by atoms with E-state index in [9.17, 15) is 17.6 Å². The van der Waals surface area contributed by atoms with Gasteiger partial charge in [-0.05, 0) is 48.9 Å². The van der Waals surface area contributed by atoms with Crippen molar-refractivity contribution < 1.29 is 17.6 Å². The van der Waals surface area contributed by atoms with Crippen LogP contribution in [0.2, 0.25) is 0 Å². The number of benzene rings is 2. The summed E-state index contributed by atoms with van der Waals surface area (Å²) in [5.41, 5.74) is 1.16. The summed E-state index contributed by atoms with van der Waals surface area (Å²) >= 11 is 0. The average Bonchev–Trinajstić information content (AvgIpc) is 2.41. The molecule has 106 valence electrons. The zero-order valence-corrected chi connectivity index (χ0v) is 11.0. The van der Waals surface area contributed by atoms with E-state index in [2.05, 4.69) is 5.32 Å². The molecule has 2 aromatic carbocycles.